The normalized spacial score (nSPS) is 20.1. The number of aliphatic hydroxyl groups excluding tert-OH is 1. The fraction of sp³-hybridized carbons (Fsp3) is 0.296. The van der Waals surface area contributed by atoms with E-state index in [9.17, 15) is 14.7 Å². The van der Waals surface area contributed by atoms with E-state index >= 15 is 0 Å². The number of amides is 1. The summed E-state index contributed by atoms with van der Waals surface area (Å²) in [6.07, 6.45) is 1.63. The van der Waals surface area contributed by atoms with Crippen molar-refractivity contribution in [1.82, 2.24) is 9.88 Å². The zero-order valence-corrected chi connectivity index (χ0v) is 20.4. The van der Waals surface area contributed by atoms with E-state index in [0.29, 0.717) is 34.5 Å². The van der Waals surface area contributed by atoms with Gasteiger partial charge in [0, 0.05) is 18.7 Å². The van der Waals surface area contributed by atoms with E-state index in [1.807, 2.05) is 42.5 Å². The maximum Gasteiger partial charge on any atom is 0.290 e. The summed E-state index contributed by atoms with van der Waals surface area (Å²) in [5.74, 6) is -0.794. The molecular formula is C27H26N2O5S. The fourth-order valence-corrected chi connectivity index (χ4v) is 5.67. The molecule has 7 nitrogen and oxygen atoms in total. The minimum atomic E-state index is -0.730. The first-order chi connectivity index (χ1) is 17.0. The Morgan fingerprint density at radius 1 is 1.20 bits per heavy atom. The van der Waals surface area contributed by atoms with E-state index in [1.165, 1.54) is 11.3 Å². The Hall–Kier alpha value is -3.49. The summed E-state index contributed by atoms with van der Waals surface area (Å²) in [6, 6.07) is 16.1. The third-order valence-electron chi connectivity index (χ3n) is 6.43. The topological polar surface area (TPSA) is 89.0 Å². The van der Waals surface area contributed by atoms with Gasteiger partial charge in [-0.05, 0) is 37.5 Å². The molecule has 1 saturated heterocycles. The molecule has 8 heteroatoms. The maximum absolute atomic E-state index is 13.9. The number of methoxy groups -OCH3 is 1. The number of hydrogen-bond donors (Lipinski definition) is 1. The molecule has 1 fully saturated rings. The largest absolute Gasteiger partial charge is 0.503 e. The van der Waals surface area contributed by atoms with Crippen molar-refractivity contribution in [3.8, 4) is 16.3 Å². The van der Waals surface area contributed by atoms with Crippen LogP contribution in [0.5, 0.6) is 5.75 Å². The van der Waals surface area contributed by atoms with Crippen LogP contribution in [0.3, 0.4) is 0 Å². The molecule has 35 heavy (non-hydrogen) atoms. The van der Waals surface area contributed by atoms with Crippen molar-refractivity contribution in [2.24, 2.45) is 0 Å². The number of thiazole rings is 1. The zero-order chi connectivity index (χ0) is 24.5. The maximum atomic E-state index is 13.9. The Morgan fingerprint density at radius 2 is 1.94 bits per heavy atom. The van der Waals surface area contributed by atoms with E-state index < -0.39 is 17.7 Å². The molecule has 180 valence electrons. The van der Waals surface area contributed by atoms with Gasteiger partial charge in [-0.15, -0.1) is 11.3 Å². The van der Waals surface area contributed by atoms with Crippen molar-refractivity contribution in [1.29, 1.82) is 0 Å². The monoisotopic (exact) mass is 490 g/mol. The van der Waals surface area contributed by atoms with Gasteiger partial charge < -0.3 is 19.5 Å². The quantitative estimate of drug-likeness (QED) is 0.475. The average molecular weight is 491 g/mol. The van der Waals surface area contributed by atoms with Crippen LogP contribution in [-0.4, -0.2) is 53.0 Å². The van der Waals surface area contributed by atoms with Crippen LogP contribution in [0.1, 0.15) is 39.8 Å². The van der Waals surface area contributed by atoms with Gasteiger partial charge >= 0.3 is 0 Å². The highest BCUT2D eigenvalue weighted by atomic mass is 32.1. The minimum Gasteiger partial charge on any atom is -0.503 e. The van der Waals surface area contributed by atoms with Gasteiger partial charge in [-0.2, -0.15) is 0 Å². The fourth-order valence-electron chi connectivity index (χ4n) is 4.65. The molecule has 1 amide bonds. The molecule has 2 aromatic carbocycles. The van der Waals surface area contributed by atoms with Gasteiger partial charge in [0.25, 0.3) is 5.91 Å². The Bertz CT molecular complexity index is 1280. The van der Waals surface area contributed by atoms with Crippen LogP contribution in [0.2, 0.25) is 0 Å². The highest BCUT2D eigenvalue weighted by Crippen LogP contribution is 2.41. The number of aryl methyl sites for hydroxylation is 1. The lowest BCUT2D eigenvalue weighted by Gasteiger charge is -2.29. The summed E-state index contributed by atoms with van der Waals surface area (Å²) in [7, 11) is 1.58. The average Bonchev–Trinajstić information content (AvgIpc) is 3.60. The molecule has 0 spiro atoms. The third-order valence-corrected chi connectivity index (χ3v) is 7.63. The SMILES string of the molecule is COc1ccc(C2C(C(=O)c3sc(-c4ccccc4)nc3C)=C(O)C(=O)N2CC2CCCO2)cc1. The Balaban J connectivity index is 1.55. The summed E-state index contributed by atoms with van der Waals surface area (Å²) >= 11 is 1.27. The molecule has 2 aliphatic heterocycles. The van der Waals surface area contributed by atoms with E-state index in [2.05, 4.69) is 4.98 Å². The zero-order valence-electron chi connectivity index (χ0n) is 19.6. The van der Waals surface area contributed by atoms with Crippen LogP contribution in [0.4, 0.5) is 0 Å². The second kappa shape index (κ2) is 9.64. The van der Waals surface area contributed by atoms with Crippen LogP contribution >= 0.6 is 11.3 Å². The Kier molecular flexibility index (Phi) is 6.40. The van der Waals surface area contributed by atoms with Gasteiger partial charge in [0.1, 0.15) is 10.8 Å². The molecule has 3 heterocycles. The highest BCUT2D eigenvalue weighted by molar-refractivity contribution is 7.17. The number of benzene rings is 2. The van der Waals surface area contributed by atoms with E-state index in [0.717, 1.165) is 24.0 Å². The standard InChI is InChI=1S/C27H26N2O5S/c1-16-25(35-26(28-16)18-7-4-3-5-8-18)23(30)21-22(17-10-12-19(33-2)13-11-17)29(27(32)24(21)31)15-20-9-6-14-34-20/h3-5,7-8,10-13,20,22,31H,6,9,14-15H2,1-2H3. The summed E-state index contributed by atoms with van der Waals surface area (Å²) < 4.78 is 11.0. The number of ether oxygens (including phenoxy) is 2. The first-order valence-corrected chi connectivity index (χ1v) is 12.4. The number of aliphatic hydroxyl groups is 1. The number of Topliss-reactive ketones (excluding diaryl/α,β-unsaturated/α-hetero) is 1. The van der Waals surface area contributed by atoms with Gasteiger partial charge in [-0.1, -0.05) is 42.5 Å². The van der Waals surface area contributed by atoms with Crippen molar-refractivity contribution >= 4 is 23.0 Å². The molecule has 0 bridgehead atoms. The molecule has 5 rings (SSSR count). The molecule has 1 N–H and O–H groups in total. The van der Waals surface area contributed by atoms with Crippen LogP contribution < -0.4 is 4.74 Å². The molecule has 2 unspecified atom stereocenters. The highest BCUT2D eigenvalue weighted by Gasteiger charge is 2.45. The lowest BCUT2D eigenvalue weighted by molar-refractivity contribution is -0.131. The number of nitrogens with zero attached hydrogens (tertiary/aromatic N) is 2. The summed E-state index contributed by atoms with van der Waals surface area (Å²) in [5.41, 5.74) is 2.27. The van der Waals surface area contributed by atoms with Crippen LogP contribution in [0.15, 0.2) is 65.9 Å². The van der Waals surface area contributed by atoms with Gasteiger partial charge in [0.05, 0.1) is 35.4 Å². The summed E-state index contributed by atoms with van der Waals surface area (Å²) in [6.45, 7) is 2.72. The predicted octanol–water partition coefficient (Wildman–Crippen LogP) is 4.88. The Labute approximate surface area is 207 Å². The second-order valence-electron chi connectivity index (χ2n) is 8.66. The van der Waals surface area contributed by atoms with Crippen molar-refractivity contribution in [2.75, 3.05) is 20.3 Å². The van der Waals surface area contributed by atoms with E-state index in [-0.39, 0.29) is 17.5 Å². The van der Waals surface area contributed by atoms with Crippen LogP contribution in [0.25, 0.3) is 10.6 Å². The van der Waals surface area contributed by atoms with Crippen molar-refractivity contribution in [3.05, 3.63) is 82.1 Å². The molecule has 0 radical (unpaired) electrons. The molecule has 2 atom stereocenters. The molecule has 2 aliphatic rings. The molecule has 0 saturated carbocycles. The predicted molar refractivity (Wildman–Crippen MR) is 133 cm³/mol. The smallest absolute Gasteiger partial charge is 0.290 e. The van der Waals surface area contributed by atoms with Crippen molar-refractivity contribution in [2.45, 2.75) is 31.9 Å². The van der Waals surface area contributed by atoms with E-state index in [1.54, 1.807) is 31.1 Å². The van der Waals surface area contributed by atoms with Gasteiger partial charge in [0.2, 0.25) is 5.78 Å². The first-order valence-electron chi connectivity index (χ1n) is 11.5. The molecular weight excluding hydrogens is 464 g/mol. The lowest BCUT2D eigenvalue weighted by atomic mass is 9.94. The van der Waals surface area contributed by atoms with Crippen LogP contribution in [0, 0.1) is 6.92 Å². The second-order valence-corrected chi connectivity index (χ2v) is 9.66. The van der Waals surface area contributed by atoms with Gasteiger partial charge in [-0.25, -0.2) is 4.98 Å². The van der Waals surface area contributed by atoms with Gasteiger partial charge in [0.15, 0.2) is 5.76 Å². The van der Waals surface area contributed by atoms with Crippen molar-refractivity contribution < 1.29 is 24.2 Å². The van der Waals surface area contributed by atoms with Crippen LogP contribution in [-0.2, 0) is 9.53 Å². The summed E-state index contributed by atoms with van der Waals surface area (Å²) in [5, 5.41) is 11.7. The number of carbonyl (C=O) groups is 2. The van der Waals surface area contributed by atoms with E-state index in [4.69, 9.17) is 9.47 Å². The number of hydrogen-bond acceptors (Lipinski definition) is 7. The number of rotatable bonds is 7. The lowest BCUT2D eigenvalue weighted by Crippen LogP contribution is -2.37. The first kappa shape index (κ1) is 23.3. The Morgan fingerprint density at radius 3 is 2.60 bits per heavy atom. The summed E-state index contributed by atoms with van der Waals surface area (Å²) in [4.78, 5) is 33.7. The third kappa shape index (κ3) is 4.35. The molecule has 0 aliphatic carbocycles. The minimum absolute atomic E-state index is 0.0736. The van der Waals surface area contributed by atoms with Crippen molar-refractivity contribution in [3.63, 3.8) is 0 Å². The molecule has 1 aromatic heterocycles. The number of aromatic nitrogens is 1. The van der Waals surface area contributed by atoms with Gasteiger partial charge in [-0.3, -0.25) is 9.59 Å². The molecule has 3 aromatic rings. The number of carbonyl (C=O) groups excluding carboxylic acids is 2. The number of ketones is 1.